The van der Waals surface area contributed by atoms with Gasteiger partial charge in [-0.2, -0.15) is 0 Å². The highest BCUT2D eigenvalue weighted by Gasteiger charge is 2.19. The van der Waals surface area contributed by atoms with E-state index in [-0.39, 0.29) is 12.2 Å². The number of fused-ring (bicyclic) bond motifs is 1. The number of hydrogen-bond acceptors (Lipinski definition) is 3. The van der Waals surface area contributed by atoms with Crippen molar-refractivity contribution in [3.8, 4) is 0 Å². The second-order valence-electron chi connectivity index (χ2n) is 4.94. The van der Waals surface area contributed by atoms with Gasteiger partial charge in [0.15, 0.2) is 0 Å². The molecule has 1 N–H and O–H groups in total. The van der Waals surface area contributed by atoms with Crippen molar-refractivity contribution in [2.24, 2.45) is 0 Å². The predicted molar refractivity (Wildman–Crippen MR) is 68.2 cm³/mol. The number of imidazole rings is 1. The number of pyridine rings is 1. The minimum Gasteiger partial charge on any atom is -0.393 e. The normalized spacial score (nSPS) is 24.5. The maximum absolute atomic E-state index is 9.44. The van der Waals surface area contributed by atoms with E-state index in [0.717, 1.165) is 37.0 Å². The van der Waals surface area contributed by atoms with Crippen molar-refractivity contribution in [3.05, 3.63) is 36.3 Å². The van der Waals surface area contributed by atoms with E-state index < -0.39 is 0 Å². The summed E-state index contributed by atoms with van der Waals surface area (Å²) < 4.78 is 7.86. The molecule has 1 aliphatic carbocycles. The molecule has 2 aromatic rings. The molecule has 1 fully saturated rings. The summed E-state index contributed by atoms with van der Waals surface area (Å²) in [5.41, 5.74) is 1.92. The molecule has 1 saturated carbocycles. The highest BCUT2D eigenvalue weighted by atomic mass is 16.5. The number of aliphatic hydroxyl groups is 1. The van der Waals surface area contributed by atoms with Crippen molar-refractivity contribution in [1.29, 1.82) is 0 Å². The van der Waals surface area contributed by atoms with Gasteiger partial charge in [-0.3, -0.25) is 0 Å². The first-order chi connectivity index (χ1) is 8.81. The van der Waals surface area contributed by atoms with Crippen LogP contribution in [-0.4, -0.2) is 26.7 Å². The molecule has 0 saturated heterocycles. The fourth-order valence-electron chi connectivity index (χ4n) is 2.47. The minimum atomic E-state index is -0.125. The second kappa shape index (κ2) is 5.08. The Morgan fingerprint density at radius 2 is 2.11 bits per heavy atom. The molecule has 4 nitrogen and oxygen atoms in total. The Morgan fingerprint density at radius 3 is 2.89 bits per heavy atom. The fourth-order valence-corrected chi connectivity index (χ4v) is 2.47. The number of aliphatic hydroxyl groups excluding tert-OH is 1. The molecule has 0 atom stereocenters. The number of ether oxygens (including phenoxy) is 1. The fraction of sp³-hybridized carbons (Fsp3) is 0.500. The van der Waals surface area contributed by atoms with E-state index in [1.54, 1.807) is 0 Å². The number of hydrogen-bond donors (Lipinski definition) is 1. The van der Waals surface area contributed by atoms with Crippen LogP contribution in [-0.2, 0) is 11.3 Å². The Labute approximate surface area is 106 Å². The van der Waals surface area contributed by atoms with E-state index in [1.165, 1.54) is 0 Å². The van der Waals surface area contributed by atoms with Gasteiger partial charge < -0.3 is 14.2 Å². The standard InChI is InChI=1S/C14H18N2O2/c17-12-4-6-13(7-5-12)18-10-11-9-16-8-2-1-3-14(16)15-11/h1-3,8-9,12-13,17H,4-7,10H2. The molecule has 0 spiro atoms. The van der Waals surface area contributed by atoms with Crippen LogP contribution in [0.25, 0.3) is 5.65 Å². The lowest BCUT2D eigenvalue weighted by molar-refractivity contribution is -0.0128. The average molecular weight is 246 g/mol. The molecule has 2 heterocycles. The van der Waals surface area contributed by atoms with E-state index in [4.69, 9.17) is 4.74 Å². The van der Waals surface area contributed by atoms with Crippen LogP contribution in [0, 0.1) is 0 Å². The zero-order chi connectivity index (χ0) is 12.4. The van der Waals surface area contributed by atoms with Crippen molar-refractivity contribution in [2.75, 3.05) is 0 Å². The Bertz CT molecular complexity index is 482. The summed E-state index contributed by atoms with van der Waals surface area (Å²) in [5.74, 6) is 0. The summed E-state index contributed by atoms with van der Waals surface area (Å²) in [4.78, 5) is 4.50. The molecule has 0 unspecified atom stereocenters. The van der Waals surface area contributed by atoms with Gasteiger partial charge in [0.25, 0.3) is 0 Å². The van der Waals surface area contributed by atoms with Gasteiger partial charge in [-0.1, -0.05) is 6.07 Å². The average Bonchev–Trinajstić information content (AvgIpc) is 2.81. The van der Waals surface area contributed by atoms with Gasteiger partial charge in [-0.15, -0.1) is 0 Å². The highest BCUT2D eigenvalue weighted by Crippen LogP contribution is 2.21. The second-order valence-corrected chi connectivity index (χ2v) is 4.94. The third-order valence-corrected chi connectivity index (χ3v) is 3.52. The largest absolute Gasteiger partial charge is 0.393 e. The molecule has 0 bridgehead atoms. The Hall–Kier alpha value is -1.39. The topological polar surface area (TPSA) is 46.8 Å². The SMILES string of the molecule is OC1CCC(OCc2cn3ccccc3n2)CC1. The van der Waals surface area contributed by atoms with Gasteiger partial charge in [0.05, 0.1) is 24.5 Å². The minimum absolute atomic E-state index is 0.125. The van der Waals surface area contributed by atoms with Gasteiger partial charge >= 0.3 is 0 Å². The molecule has 3 rings (SSSR count). The molecule has 96 valence electrons. The Kier molecular flexibility index (Phi) is 3.30. The van der Waals surface area contributed by atoms with Crippen molar-refractivity contribution >= 4 is 5.65 Å². The summed E-state index contributed by atoms with van der Waals surface area (Å²) >= 11 is 0. The molecule has 4 heteroatoms. The summed E-state index contributed by atoms with van der Waals surface area (Å²) in [5, 5.41) is 9.44. The molecular weight excluding hydrogens is 228 g/mol. The van der Waals surface area contributed by atoms with E-state index in [9.17, 15) is 5.11 Å². The van der Waals surface area contributed by atoms with Crippen LogP contribution in [0.2, 0.25) is 0 Å². The quantitative estimate of drug-likeness (QED) is 0.902. The molecule has 18 heavy (non-hydrogen) atoms. The number of rotatable bonds is 3. The first kappa shape index (κ1) is 11.7. The van der Waals surface area contributed by atoms with Crippen LogP contribution in [0.4, 0.5) is 0 Å². The van der Waals surface area contributed by atoms with Crippen molar-refractivity contribution in [3.63, 3.8) is 0 Å². The summed E-state index contributed by atoms with van der Waals surface area (Å²) in [6.07, 6.45) is 7.77. The monoisotopic (exact) mass is 246 g/mol. The number of aromatic nitrogens is 2. The molecule has 0 aliphatic heterocycles. The summed E-state index contributed by atoms with van der Waals surface area (Å²) in [7, 11) is 0. The zero-order valence-electron chi connectivity index (χ0n) is 10.3. The molecule has 0 radical (unpaired) electrons. The lowest BCUT2D eigenvalue weighted by Gasteiger charge is -2.25. The van der Waals surface area contributed by atoms with E-state index in [1.807, 2.05) is 35.0 Å². The van der Waals surface area contributed by atoms with Crippen LogP contribution in [0.3, 0.4) is 0 Å². The molecule has 0 aromatic carbocycles. The molecule has 0 amide bonds. The molecule has 1 aliphatic rings. The van der Waals surface area contributed by atoms with E-state index in [2.05, 4.69) is 4.98 Å². The third-order valence-electron chi connectivity index (χ3n) is 3.52. The van der Waals surface area contributed by atoms with Crippen molar-refractivity contribution in [2.45, 2.75) is 44.5 Å². The van der Waals surface area contributed by atoms with Crippen LogP contribution < -0.4 is 0 Å². The predicted octanol–water partition coefficient (Wildman–Crippen LogP) is 2.15. The summed E-state index contributed by atoms with van der Waals surface area (Å²) in [6.45, 7) is 0.558. The smallest absolute Gasteiger partial charge is 0.137 e. The zero-order valence-corrected chi connectivity index (χ0v) is 10.3. The van der Waals surface area contributed by atoms with Gasteiger partial charge in [-0.05, 0) is 37.8 Å². The maximum atomic E-state index is 9.44. The van der Waals surface area contributed by atoms with Crippen LogP contribution >= 0.6 is 0 Å². The van der Waals surface area contributed by atoms with Gasteiger partial charge in [-0.25, -0.2) is 4.98 Å². The number of nitrogens with zero attached hydrogens (tertiary/aromatic N) is 2. The van der Waals surface area contributed by atoms with Gasteiger partial charge in [0.2, 0.25) is 0 Å². The van der Waals surface area contributed by atoms with Gasteiger partial charge in [0, 0.05) is 12.4 Å². The van der Waals surface area contributed by atoms with Crippen molar-refractivity contribution in [1.82, 2.24) is 9.38 Å². The van der Waals surface area contributed by atoms with E-state index in [0.29, 0.717) is 6.61 Å². The van der Waals surface area contributed by atoms with Crippen LogP contribution in [0.1, 0.15) is 31.4 Å². The lowest BCUT2D eigenvalue weighted by atomic mass is 9.95. The van der Waals surface area contributed by atoms with E-state index >= 15 is 0 Å². The first-order valence-electron chi connectivity index (χ1n) is 6.53. The lowest BCUT2D eigenvalue weighted by Crippen LogP contribution is -2.24. The Morgan fingerprint density at radius 1 is 1.28 bits per heavy atom. The molecular formula is C14H18N2O2. The van der Waals surface area contributed by atoms with Crippen LogP contribution in [0.15, 0.2) is 30.6 Å². The third kappa shape index (κ3) is 2.54. The van der Waals surface area contributed by atoms with Crippen molar-refractivity contribution < 1.29 is 9.84 Å². The summed E-state index contributed by atoms with van der Waals surface area (Å²) in [6, 6.07) is 5.96. The maximum Gasteiger partial charge on any atom is 0.137 e. The molecule has 2 aromatic heterocycles. The Balaban J connectivity index is 1.59. The van der Waals surface area contributed by atoms with Crippen LogP contribution in [0.5, 0.6) is 0 Å². The van der Waals surface area contributed by atoms with Gasteiger partial charge in [0.1, 0.15) is 5.65 Å². The first-order valence-corrected chi connectivity index (χ1v) is 6.53. The highest BCUT2D eigenvalue weighted by molar-refractivity contribution is 5.39.